The minimum absolute atomic E-state index is 0.0910. The molecule has 0 saturated heterocycles. The van der Waals surface area contributed by atoms with Gasteiger partial charge in [-0.3, -0.25) is 4.79 Å². The molecule has 23 heavy (non-hydrogen) atoms. The fourth-order valence-corrected chi connectivity index (χ4v) is 2.52. The Bertz CT molecular complexity index is 695. The zero-order valence-corrected chi connectivity index (χ0v) is 13.6. The molecule has 2 atom stereocenters. The third-order valence-corrected chi connectivity index (χ3v) is 4.19. The van der Waals surface area contributed by atoms with Gasteiger partial charge in [0.25, 0.3) is 5.91 Å². The number of carbonyl (C=O) groups excluding carboxylic acids is 1. The number of hydrogen-bond acceptors (Lipinski definition) is 5. The van der Waals surface area contributed by atoms with Crippen molar-refractivity contribution in [2.24, 2.45) is 11.8 Å². The maximum absolute atomic E-state index is 12.3. The molecule has 122 valence electrons. The molecule has 1 aliphatic rings. The summed E-state index contributed by atoms with van der Waals surface area (Å²) in [6.07, 6.45) is 2.76. The highest BCUT2D eigenvalue weighted by Crippen LogP contribution is 2.36. The molecule has 2 aromatic rings. The lowest BCUT2D eigenvalue weighted by molar-refractivity contribution is 0.0950. The number of aromatic nitrogens is 4. The van der Waals surface area contributed by atoms with E-state index in [1.165, 1.54) is 6.42 Å². The van der Waals surface area contributed by atoms with Crippen molar-refractivity contribution in [1.82, 2.24) is 25.3 Å². The molecular weight excluding hydrogens is 294 g/mol. The molecule has 2 heterocycles. The first-order valence-corrected chi connectivity index (χ1v) is 7.89. The predicted octanol–water partition coefficient (Wildman–Crippen LogP) is 1.76. The summed E-state index contributed by atoms with van der Waals surface area (Å²) >= 11 is 0. The molecule has 0 spiro atoms. The lowest BCUT2D eigenvalue weighted by Crippen LogP contribution is -2.26. The Labute approximate surface area is 135 Å². The second-order valence-electron chi connectivity index (χ2n) is 5.90. The van der Waals surface area contributed by atoms with Gasteiger partial charge in [0.05, 0.1) is 24.1 Å². The van der Waals surface area contributed by atoms with Crippen LogP contribution in [0.2, 0.25) is 0 Å². The van der Waals surface area contributed by atoms with Crippen LogP contribution < -0.4 is 10.1 Å². The van der Waals surface area contributed by atoms with Gasteiger partial charge in [-0.25, -0.2) is 4.68 Å². The van der Waals surface area contributed by atoms with E-state index in [-0.39, 0.29) is 5.91 Å². The fraction of sp³-hybridized carbons (Fsp3) is 0.500. The lowest BCUT2D eigenvalue weighted by atomic mass is 10.2. The summed E-state index contributed by atoms with van der Waals surface area (Å²) < 4.78 is 6.88. The molecule has 7 heteroatoms. The average Bonchev–Trinajstić information content (AvgIpc) is 3.12. The summed E-state index contributed by atoms with van der Waals surface area (Å²) in [5.41, 5.74) is 1.30. The molecule has 0 unspecified atom stereocenters. The Morgan fingerprint density at radius 3 is 2.83 bits per heavy atom. The zero-order chi connectivity index (χ0) is 16.4. The normalized spacial score (nSPS) is 19.4. The van der Waals surface area contributed by atoms with Gasteiger partial charge >= 0.3 is 0 Å². The van der Waals surface area contributed by atoms with E-state index < -0.39 is 0 Å². The maximum Gasteiger partial charge on any atom is 0.254 e. The molecular formula is C16H21N5O2. The third kappa shape index (κ3) is 3.33. The van der Waals surface area contributed by atoms with Gasteiger partial charge in [-0.15, -0.1) is 10.2 Å². The van der Waals surface area contributed by atoms with E-state index in [0.29, 0.717) is 29.8 Å². The molecule has 1 saturated carbocycles. The largest absolute Gasteiger partial charge is 0.477 e. The molecule has 0 aromatic carbocycles. The topological polar surface area (TPSA) is 81.9 Å². The minimum atomic E-state index is -0.0910. The molecule has 1 amide bonds. The Morgan fingerprint density at radius 2 is 2.22 bits per heavy atom. The third-order valence-electron chi connectivity index (χ3n) is 4.19. The monoisotopic (exact) mass is 315 g/mol. The summed E-state index contributed by atoms with van der Waals surface area (Å²) in [6, 6.07) is 3.51. The Hall–Kier alpha value is -2.44. The zero-order valence-electron chi connectivity index (χ0n) is 13.6. The van der Waals surface area contributed by atoms with Crippen molar-refractivity contribution in [3.8, 4) is 11.7 Å². The average molecular weight is 315 g/mol. The predicted molar refractivity (Wildman–Crippen MR) is 84.7 cm³/mol. The van der Waals surface area contributed by atoms with Gasteiger partial charge in [-0.1, -0.05) is 6.92 Å². The van der Waals surface area contributed by atoms with E-state index in [1.807, 2.05) is 13.8 Å². The van der Waals surface area contributed by atoms with Crippen LogP contribution >= 0.6 is 0 Å². The van der Waals surface area contributed by atoms with Crippen LogP contribution in [0.5, 0.6) is 5.88 Å². The summed E-state index contributed by atoms with van der Waals surface area (Å²) in [4.78, 5) is 12.3. The van der Waals surface area contributed by atoms with Crippen molar-refractivity contribution >= 4 is 5.91 Å². The number of hydrogen-bond donors (Lipinski definition) is 1. The van der Waals surface area contributed by atoms with E-state index in [9.17, 15) is 4.79 Å². The maximum atomic E-state index is 12.3. The van der Waals surface area contributed by atoms with Gasteiger partial charge < -0.3 is 10.1 Å². The van der Waals surface area contributed by atoms with E-state index in [4.69, 9.17) is 4.74 Å². The Morgan fingerprint density at radius 1 is 1.43 bits per heavy atom. The van der Waals surface area contributed by atoms with Crippen molar-refractivity contribution in [2.45, 2.75) is 27.2 Å². The van der Waals surface area contributed by atoms with Crippen LogP contribution in [0.3, 0.4) is 0 Å². The van der Waals surface area contributed by atoms with Crippen molar-refractivity contribution < 1.29 is 9.53 Å². The van der Waals surface area contributed by atoms with E-state index in [1.54, 1.807) is 23.0 Å². The second kappa shape index (κ2) is 6.36. The molecule has 0 radical (unpaired) electrons. The quantitative estimate of drug-likeness (QED) is 0.878. The first-order chi connectivity index (χ1) is 11.1. The van der Waals surface area contributed by atoms with Crippen molar-refractivity contribution in [1.29, 1.82) is 0 Å². The summed E-state index contributed by atoms with van der Waals surface area (Å²) in [7, 11) is 0. The van der Waals surface area contributed by atoms with E-state index >= 15 is 0 Å². The molecule has 0 bridgehead atoms. The van der Waals surface area contributed by atoms with Crippen LogP contribution in [0.4, 0.5) is 0 Å². The molecule has 1 aliphatic carbocycles. The van der Waals surface area contributed by atoms with Crippen molar-refractivity contribution in [3.05, 3.63) is 29.6 Å². The van der Waals surface area contributed by atoms with Crippen LogP contribution in [0.15, 0.2) is 18.3 Å². The van der Waals surface area contributed by atoms with Gasteiger partial charge in [0.2, 0.25) is 5.88 Å². The second-order valence-corrected chi connectivity index (χ2v) is 5.90. The first kappa shape index (κ1) is 15.5. The van der Waals surface area contributed by atoms with Crippen LogP contribution in [-0.2, 0) is 0 Å². The Balaban J connectivity index is 1.71. The summed E-state index contributed by atoms with van der Waals surface area (Å²) in [5, 5.41) is 15.3. The molecule has 3 rings (SSSR count). The van der Waals surface area contributed by atoms with Gasteiger partial charge in [-0.05, 0) is 38.2 Å². The van der Waals surface area contributed by atoms with Gasteiger partial charge in [0, 0.05) is 12.6 Å². The highest BCUT2D eigenvalue weighted by molar-refractivity contribution is 5.95. The van der Waals surface area contributed by atoms with Crippen molar-refractivity contribution in [3.63, 3.8) is 0 Å². The fourth-order valence-electron chi connectivity index (χ4n) is 2.52. The number of carbonyl (C=O) groups is 1. The standard InChI is InChI=1S/C16H21N5O2/c1-4-23-15-6-5-14(19-20-15)21-11(3)13(9-18-21)16(22)17-8-12-7-10(12)2/h5-6,9-10,12H,4,7-8H2,1-3H3,(H,17,22)/t10-,12-/m1/s1. The highest BCUT2D eigenvalue weighted by Gasteiger charge is 2.32. The van der Waals surface area contributed by atoms with Gasteiger partial charge in [0.15, 0.2) is 5.82 Å². The molecule has 7 nitrogen and oxygen atoms in total. The number of rotatable bonds is 6. The van der Waals surface area contributed by atoms with Crippen molar-refractivity contribution in [2.75, 3.05) is 13.2 Å². The number of amides is 1. The van der Waals surface area contributed by atoms with Crippen LogP contribution in [0.25, 0.3) is 5.82 Å². The lowest BCUT2D eigenvalue weighted by Gasteiger charge is -2.06. The molecule has 1 N–H and O–H groups in total. The summed E-state index contributed by atoms with van der Waals surface area (Å²) in [6.45, 7) is 7.21. The van der Waals surface area contributed by atoms with Gasteiger partial charge in [-0.2, -0.15) is 5.10 Å². The highest BCUT2D eigenvalue weighted by atomic mass is 16.5. The molecule has 2 aromatic heterocycles. The van der Waals surface area contributed by atoms with E-state index in [2.05, 4.69) is 27.5 Å². The first-order valence-electron chi connectivity index (χ1n) is 7.89. The Kier molecular flexibility index (Phi) is 4.27. The van der Waals surface area contributed by atoms with Crippen LogP contribution in [0, 0.1) is 18.8 Å². The number of nitrogens with zero attached hydrogens (tertiary/aromatic N) is 4. The number of nitrogens with one attached hydrogen (secondary N) is 1. The molecule has 1 fully saturated rings. The summed E-state index contributed by atoms with van der Waals surface area (Å²) in [5.74, 6) is 2.27. The SMILES string of the molecule is CCOc1ccc(-n2ncc(C(=O)NC[C@H]3C[C@H]3C)c2C)nn1. The van der Waals surface area contributed by atoms with Crippen LogP contribution in [0.1, 0.15) is 36.3 Å². The van der Waals surface area contributed by atoms with Crippen LogP contribution in [-0.4, -0.2) is 39.0 Å². The van der Waals surface area contributed by atoms with Gasteiger partial charge in [0.1, 0.15) is 0 Å². The smallest absolute Gasteiger partial charge is 0.254 e. The number of ether oxygens (including phenoxy) is 1. The molecule has 0 aliphatic heterocycles. The van der Waals surface area contributed by atoms with E-state index in [0.717, 1.165) is 18.2 Å². The minimum Gasteiger partial charge on any atom is -0.477 e.